The van der Waals surface area contributed by atoms with Crippen LogP contribution in [0.1, 0.15) is 5.82 Å². The number of carbonyl (C=O) groups excluding carboxylic acids is 2. The van der Waals surface area contributed by atoms with E-state index in [2.05, 4.69) is 36.6 Å². The molecule has 86 valence electrons. The lowest BCUT2D eigenvalue weighted by molar-refractivity contribution is -0.126. The molecule has 2 heterocycles. The third kappa shape index (κ3) is 2.51. The SMILES string of the molecule is O=C1CNC(C(=O)NCc2nn[nH]n2)CN1. The number of amides is 2. The Kier molecular flexibility index (Phi) is 3.05. The smallest absolute Gasteiger partial charge is 0.239 e. The molecule has 1 aromatic rings. The van der Waals surface area contributed by atoms with Crippen LogP contribution in [0, 0.1) is 0 Å². The molecule has 1 saturated heterocycles. The van der Waals surface area contributed by atoms with Gasteiger partial charge in [-0.3, -0.25) is 14.9 Å². The maximum Gasteiger partial charge on any atom is 0.239 e. The van der Waals surface area contributed by atoms with Crippen LogP contribution in [-0.2, 0) is 16.1 Å². The van der Waals surface area contributed by atoms with Crippen molar-refractivity contribution in [2.24, 2.45) is 0 Å². The fourth-order valence-electron chi connectivity index (χ4n) is 1.30. The lowest BCUT2D eigenvalue weighted by atomic mass is 10.2. The highest BCUT2D eigenvalue weighted by Gasteiger charge is 2.23. The maximum atomic E-state index is 11.6. The standard InChI is InChI=1S/C7H11N7O2/c15-6-3-8-4(1-9-6)7(16)10-2-5-11-13-14-12-5/h4,8H,1-3H2,(H,9,15)(H,10,16)(H,11,12,13,14). The summed E-state index contributed by atoms with van der Waals surface area (Å²) in [7, 11) is 0. The minimum Gasteiger partial charge on any atom is -0.353 e. The Balaban J connectivity index is 1.77. The molecule has 0 saturated carbocycles. The lowest BCUT2D eigenvalue weighted by Gasteiger charge is -2.22. The predicted molar refractivity (Wildman–Crippen MR) is 50.8 cm³/mol. The summed E-state index contributed by atoms with van der Waals surface area (Å²) < 4.78 is 0. The van der Waals surface area contributed by atoms with E-state index in [9.17, 15) is 9.59 Å². The van der Waals surface area contributed by atoms with Gasteiger partial charge in [0.05, 0.1) is 13.1 Å². The fourth-order valence-corrected chi connectivity index (χ4v) is 1.30. The van der Waals surface area contributed by atoms with Crippen molar-refractivity contribution < 1.29 is 9.59 Å². The van der Waals surface area contributed by atoms with E-state index in [4.69, 9.17) is 0 Å². The van der Waals surface area contributed by atoms with Gasteiger partial charge in [-0.25, -0.2) is 0 Å². The zero-order valence-electron chi connectivity index (χ0n) is 8.36. The van der Waals surface area contributed by atoms with Crippen molar-refractivity contribution in [3.05, 3.63) is 5.82 Å². The average molecular weight is 225 g/mol. The van der Waals surface area contributed by atoms with Gasteiger partial charge in [0, 0.05) is 6.54 Å². The van der Waals surface area contributed by atoms with E-state index in [-0.39, 0.29) is 31.4 Å². The zero-order chi connectivity index (χ0) is 11.4. The van der Waals surface area contributed by atoms with Gasteiger partial charge in [0.15, 0.2) is 5.82 Å². The number of tetrazole rings is 1. The van der Waals surface area contributed by atoms with Crippen molar-refractivity contribution in [3.63, 3.8) is 0 Å². The van der Waals surface area contributed by atoms with Gasteiger partial charge in [0.2, 0.25) is 11.8 Å². The predicted octanol–water partition coefficient (Wildman–Crippen LogP) is -3.10. The molecule has 4 N–H and O–H groups in total. The molecule has 0 aliphatic carbocycles. The second-order valence-electron chi connectivity index (χ2n) is 3.28. The molecule has 0 aromatic carbocycles. The minimum absolute atomic E-state index is 0.109. The summed E-state index contributed by atoms with van der Waals surface area (Å²) >= 11 is 0. The van der Waals surface area contributed by atoms with E-state index in [0.717, 1.165) is 0 Å². The van der Waals surface area contributed by atoms with Crippen molar-refractivity contribution in [2.75, 3.05) is 13.1 Å². The van der Waals surface area contributed by atoms with Crippen LogP contribution in [0.3, 0.4) is 0 Å². The highest BCUT2D eigenvalue weighted by Crippen LogP contribution is 1.90. The second-order valence-corrected chi connectivity index (χ2v) is 3.28. The highest BCUT2D eigenvalue weighted by molar-refractivity contribution is 5.86. The average Bonchev–Trinajstić information content (AvgIpc) is 2.80. The molecule has 2 amide bonds. The van der Waals surface area contributed by atoms with E-state index in [1.807, 2.05) is 0 Å². The summed E-state index contributed by atoms with van der Waals surface area (Å²) in [4.78, 5) is 22.4. The Hall–Kier alpha value is -2.03. The van der Waals surface area contributed by atoms with Crippen LogP contribution < -0.4 is 16.0 Å². The van der Waals surface area contributed by atoms with Crippen LogP contribution in [0.4, 0.5) is 0 Å². The molecule has 1 fully saturated rings. The third-order valence-electron chi connectivity index (χ3n) is 2.14. The number of nitrogens with zero attached hydrogens (tertiary/aromatic N) is 3. The molecular formula is C7H11N7O2. The Morgan fingerprint density at radius 1 is 1.56 bits per heavy atom. The summed E-state index contributed by atoms with van der Waals surface area (Å²) in [6.45, 7) is 0.651. The topological polar surface area (TPSA) is 125 Å². The van der Waals surface area contributed by atoms with Gasteiger partial charge in [-0.05, 0) is 0 Å². The first-order valence-electron chi connectivity index (χ1n) is 4.76. The summed E-state index contributed by atoms with van der Waals surface area (Å²) in [5.74, 6) is 0.0974. The van der Waals surface area contributed by atoms with Gasteiger partial charge < -0.3 is 10.6 Å². The van der Waals surface area contributed by atoms with Crippen molar-refractivity contribution in [2.45, 2.75) is 12.6 Å². The summed E-state index contributed by atoms with van der Waals surface area (Å²) in [6, 6.07) is -0.412. The van der Waals surface area contributed by atoms with Gasteiger partial charge in [0.25, 0.3) is 0 Å². The Labute approximate surface area is 90.4 Å². The molecule has 2 rings (SSSR count). The van der Waals surface area contributed by atoms with E-state index in [0.29, 0.717) is 5.82 Å². The molecule has 16 heavy (non-hydrogen) atoms. The van der Waals surface area contributed by atoms with E-state index < -0.39 is 6.04 Å². The molecule has 9 nitrogen and oxygen atoms in total. The first kappa shape index (κ1) is 10.5. The number of hydrogen-bond donors (Lipinski definition) is 4. The zero-order valence-corrected chi connectivity index (χ0v) is 8.36. The summed E-state index contributed by atoms with van der Waals surface area (Å²) in [5, 5.41) is 21.1. The van der Waals surface area contributed by atoms with Crippen LogP contribution in [0.2, 0.25) is 0 Å². The number of hydrogen-bond acceptors (Lipinski definition) is 6. The second kappa shape index (κ2) is 4.66. The maximum absolute atomic E-state index is 11.6. The molecule has 0 spiro atoms. The van der Waals surface area contributed by atoms with Crippen LogP contribution in [0.5, 0.6) is 0 Å². The third-order valence-corrected chi connectivity index (χ3v) is 2.14. The summed E-state index contributed by atoms with van der Waals surface area (Å²) in [5.41, 5.74) is 0. The van der Waals surface area contributed by atoms with E-state index >= 15 is 0 Å². The van der Waals surface area contributed by atoms with Crippen molar-refractivity contribution in [3.8, 4) is 0 Å². The molecule has 1 aromatic heterocycles. The number of aromatic nitrogens is 4. The molecule has 1 aliphatic heterocycles. The molecule has 1 unspecified atom stereocenters. The van der Waals surface area contributed by atoms with E-state index in [1.165, 1.54) is 0 Å². The number of H-pyrrole nitrogens is 1. The number of rotatable bonds is 3. The van der Waals surface area contributed by atoms with Gasteiger partial charge in [-0.15, -0.1) is 10.2 Å². The van der Waals surface area contributed by atoms with Crippen LogP contribution in [-0.4, -0.2) is 51.6 Å². The first-order valence-corrected chi connectivity index (χ1v) is 4.76. The van der Waals surface area contributed by atoms with Gasteiger partial charge in [-0.2, -0.15) is 5.21 Å². The minimum atomic E-state index is -0.412. The van der Waals surface area contributed by atoms with E-state index in [1.54, 1.807) is 0 Å². The quantitative estimate of drug-likeness (QED) is 0.432. The molecular weight excluding hydrogens is 214 g/mol. The molecule has 0 radical (unpaired) electrons. The number of nitrogens with one attached hydrogen (secondary N) is 4. The summed E-state index contributed by atoms with van der Waals surface area (Å²) in [6.07, 6.45) is 0. The Morgan fingerprint density at radius 2 is 2.44 bits per heavy atom. The Morgan fingerprint density at radius 3 is 3.06 bits per heavy atom. The lowest BCUT2D eigenvalue weighted by Crippen LogP contribution is -2.57. The van der Waals surface area contributed by atoms with Crippen molar-refractivity contribution >= 4 is 11.8 Å². The van der Waals surface area contributed by atoms with Crippen LogP contribution in [0.15, 0.2) is 0 Å². The number of carbonyl (C=O) groups is 2. The fraction of sp³-hybridized carbons (Fsp3) is 0.571. The molecule has 1 aliphatic rings. The van der Waals surface area contributed by atoms with Gasteiger partial charge in [-0.1, -0.05) is 5.21 Å². The monoisotopic (exact) mass is 225 g/mol. The van der Waals surface area contributed by atoms with Gasteiger partial charge in [0.1, 0.15) is 6.04 Å². The van der Waals surface area contributed by atoms with Gasteiger partial charge >= 0.3 is 0 Å². The van der Waals surface area contributed by atoms with Crippen molar-refractivity contribution in [1.29, 1.82) is 0 Å². The largest absolute Gasteiger partial charge is 0.353 e. The normalized spacial score (nSPS) is 20.2. The van der Waals surface area contributed by atoms with Crippen molar-refractivity contribution in [1.82, 2.24) is 36.6 Å². The molecule has 0 bridgehead atoms. The molecule has 9 heteroatoms. The molecule has 1 atom stereocenters. The van der Waals surface area contributed by atoms with Crippen LogP contribution >= 0.6 is 0 Å². The number of aromatic amines is 1. The number of piperazine rings is 1. The Bertz CT molecular complexity index is 366. The first-order chi connectivity index (χ1) is 7.75. The van der Waals surface area contributed by atoms with Crippen LogP contribution in [0.25, 0.3) is 0 Å². The highest BCUT2D eigenvalue weighted by atomic mass is 16.2.